The largest absolute Gasteiger partial charge is 0.493 e. The van der Waals surface area contributed by atoms with E-state index in [-0.39, 0.29) is 0 Å². The summed E-state index contributed by atoms with van der Waals surface area (Å²) in [6.07, 6.45) is 2.56. The van der Waals surface area contributed by atoms with Crippen molar-refractivity contribution in [3.63, 3.8) is 0 Å². The maximum absolute atomic E-state index is 8.84. The number of nitriles is 2. The lowest BCUT2D eigenvalue weighted by Crippen LogP contribution is -1.94. The van der Waals surface area contributed by atoms with Crippen molar-refractivity contribution in [3.8, 4) is 40.9 Å². The first-order valence-electron chi connectivity index (χ1n) is 11.5. The molecule has 0 atom stereocenters. The van der Waals surface area contributed by atoms with Gasteiger partial charge in [-0.3, -0.25) is 0 Å². The summed E-state index contributed by atoms with van der Waals surface area (Å²) in [4.78, 5) is 0. The highest BCUT2D eigenvalue weighted by molar-refractivity contribution is 6.32. The fourth-order valence-corrected chi connectivity index (χ4v) is 3.85. The van der Waals surface area contributed by atoms with Crippen molar-refractivity contribution in [1.82, 2.24) is 0 Å². The van der Waals surface area contributed by atoms with Crippen LogP contribution in [0.1, 0.15) is 22.3 Å². The van der Waals surface area contributed by atoms with Crippen molar-refractivity contribution < 1.29 is 14.2 Å². The van der Waals surface area contributed by atoms with E-state index < -0.39 is 0 Å². The van der Waals surface area contributed by atoms with Gasteiger partial charge in [-0.2, -0.15) is 10.5 Å². The van der Waals surface area contributed by atoms with E-state index >= 15 is 0 Å². The number of hydrogen-bond donors (Lipinski definition) is 0. The van der Waals surface area contributed by atoms with Crippen LogP contribution in [-0.2, 0) is 6.42 Å². The van der Waals surface area contributed by atoms with Gasteiger partial charge in [0, 0.05) is 0 Å². The summed E-state index contributed by atoms with van der Waals surface area (Å²) in [6, 6.07) is 27.2. The summed E-state index contributed by atoms with van der Waals surface area (Å²) >= 11 is 12.2. The first-order chi connectivity index (χ1) is 18.4. The predicted octanol–water partition coefficient (Wildman–Crippen LogP) is 9.05. The molecule has 190 valence electrons. The van der Waals surface area contributed by atoms with Crippen LogP contribution in [0.4, 0.5) is 0 Å². The maximum atomic E-state index is 8.84. The topological polar surface area (TPSA) is 75.3 Å². The molecule has 0 saturated carbocycles. The zero-order valence-corrected chi connectivity index (χ0v) is 22.4. The number of para-hydroxylation sites is 3. The summed E-state index contributed by atoms with van der Waals surface area (Å²) in [7, 11) is 1.57. The normalized spacial score (nSPS) is 9.74. The van der Waals surface area contributed by atoms with Gasteiger partial charge in [-0.05, 0) is 73.0 Å². The van der Waals surface area contributed by atoms with E-state index in [4.69, 9.17) is 47.9 Å². The minimum absolute atomic E-state index is 0.389. The Morgan fingerprint density at radius 3 is 1.87 bits per heavy atom. The fourth-order valence-electron chi connectivity index (χ4n) is 3.41. The highest BCUT2D eigenvalue weighted by atomic mass is 35.5. The molecule has 7 heteroatoms. The van der Waals surface area contributed by atoms with Crippen LogP contribution in [0, 0.1) is 29.6 Å². The van der Waals surface area contributed by atoms with Gasteiger partial charge in [0.25, 0.3) is 0 Å². The molecular weight excluding hydrogens is 519 g/mol. The Kier molecular flexibility index (Phi) is 10.2. The van der Waals surface area contributed by atoms with E-state index in [1.807, 2.05) is 55.5 Å². The molecule has 4 rings (SSSR count). The van der Waals surface area contributed by atoms with Crippen LogP contribution in [0.25, 0.3) is 0 Å². The second-order valence-electron chi connectivity index (χ2n) is 7.92. The molecular formula is C31H24Cl2N2O3. The maximum Gasteiger partial charge on any atom is 0.169 e. The van der Waals surface area contributed by atoms with Gasteiger partial charge in [-0.25, -0.2) is 0 Å². The number of allylic oxidation sites excluding steroid dienone is 1. The van der Waals surface area contributed by atoms with E-state index in [9.17, 15) is 0 Å². The molecule has 0 aliphatic rings. The lowest BCUT2D eigenvalue weighted by Gasteiger charge is -2.14. The van der Waals surface area contributed by atoms with E-state index in [2.05, 4.69) is 6.58 Å². The van der Waals surface area contributed by atoms with Crippen LogP contribution in [0.2, 0.25) is 10.0 Å². The first-order valence-corrected chi connectivity index (χ1v) is 12.2. The van der Waals surface area contributed by atoms with Crippen molar-refractivity contribution in [2.24, 2.45) is 0 Å². The molecule has 4 aromatic rings. The van der Waals surface area contributed by atoms with Crippen molar-refractivity contribution in [2.75, 3.05) is 7.11 Å². The Morgan fingerprint density at radius 1 is 0.763 bits per heavy atom. The number of aryl methyl sites for hydroxylation is 1. The smallest absolute Gasteiger partial charge is 0.169 e. The average Bonchev–Trinajstić information content (AvgIpc) is 2.93. The van der Waals surface area contributed by atoms with Gasteiger partial charge in [-0.1, -0.05) is 59.6 Å². The summed E-state index contributed by atoms with van der Waals surface area (Å²) < 4.78 is 16.8. The van der Waals surface area contributed by atoms with E-state index in [1.165, 1.54) is 0 Å². The Bertz CT molecular complexity index is 1520. The molecule has 0 unspecified atom stereocenters. The van der Waals surface area contributed by atoms with Crippen LogP contribution in [-0.4, -0.2) is 7.11 Å². The van der Waals surface area contributed by atoms with Crippen molar-refractivity contribution >= 4 is 23.2 Å². The van der Waals surface area contributed by atoms with Gasteiger partial charge < -0.3 is 14.2 Å². The third kappa shape index (κ3) is 7.31. The third-order valence-electron chi connectivity index (χ3n) is 5.28. The third-order valence-corrected chi connectivity index (χ3v) is 5.87. The van der Waals surface area contributed by atoms with Crippen molar-refractivity contribution in [1.29, 1.82) is 10.5 Å². The standard InChI is InChI=1S/C17H14ClNO.C14H10ClNO2/c1-3-5-14-7-4-6-12(2)17(14)20-16-9-8-13(11-19)10-15(16)18;1-17-13-4-2-3-5-14(13)18-12-7-6-10(9-16)8-11(12)15/h3-4,6-10H,1,5H2,2H3;2-8H,1H3. The second-order valence-corrected chi connectivity index (χ2v) is 8.74. The van der Waals surface area contributed by atoms with Gasteiger partial charge in [-0.15, -0.1) is 6.58 Å². The monoisotopic (exact) mass is 542 g/mol. The molecule has 0 spiro atoms. The molecule has 0 heterocycles. The summed E-state index contributed by atoms with van der Waals surface area (Å²) in [5.41, 5.74) is 3.09. The first kappa shape index (κ1) is 28.2. The highest BCUT2D eigenvalue weighted by Gasteiger charge is 2.11. The van der Waals surface area contributed by atoms with Gasteiger partial charge in [0.1, 0.15) is 17.2 Å². The number of nitrogens with zero attached hydrogens (tertiary/aromatic N) is 2. The molecule has 38 heavy (non-hydrogen) atoms. The van der Waals surface area contributed by atoms with Gasteiger partial charge in [0.05, 0.1) is 40.4 Å². The number of rotatable bonds is 7. The molecule has 0 bridgehead atoms. The molecule has 4 aromatic carbocycles. The quantitative estimate of drug-likeness (QED) is 0.217. The average molecular weight is 543 g/mol. The van der Waals surface area contributed by atoms with E-state index in [0.717, 1.165) is 23.3 Å². The highest BCUT2D eigenvalue weighted by Crippen LogP contribution is 2.36. The Labute approximate surface area is 232 Å². The summed E-state index contributed by atoms with van der Waals surface area (Å²) in [5.74, 6) is 3.02. The van der Waals surface area contributed by atoms with Crippen LogP contribution in [0.3, 0.4) is 0 Å². The number of methoxy groups -OCH3 is 1. The van der Waals surface area contributed by atoms with Crippen LogP contribution in [0.5, 0.6) is 28.7 Å². The Morgan fingerprint density at radius 2 is 1.34 bits per heavy atom. The molecule has 0 saturated heterocycles. The molecule has 0 radical (unpaired) electrons. The fraction of sp³-hybridized carbons (Fsp3) is 0.0968. The molecule has 5 nitrogen and oxygen atoms in total. The number of hydrogen-bond acceptors (Lipinski definition) is 5. The molecule has 0 amide bonds. The summed E-state index contributed by atoms with van der Waals surface area (Å²) in [5, 5.41) is 18.4. The molecule has 0 fully saturated rings. The van der Waals surface area contributed by atoms with Crippen molar-refractivity contribution in [3.05, 3.63) is 124 Å². The minimum atomic E-state index is 0.389. The van der Waals surface area contributed by atoms with E-state index in [1.54, 1.807) is 55.6 Å². The minimum Gasteiger partial charge on any atom is -0.493 e. The number of benzene rings is 4. The summed E-state index contributed by atoms with van der Waals surface area (Å²) in [6.45, 7) is 5.74. The van der Waals surface area contributed by atoms with Crippen LogP contribution >= 0.6 is 23.2 Å². The van der Waals surface area contributed by atoms with Gasteiger partial charge in [0.2, 0.25) is 0 Å². The molecule has 0 aromatic heterocycles. The van der Waals surface area contributed by atoms with E-state index in [0.29, 0.717) is 44.2 Å². The van der Waals surface area contributed by atoms with Gasteiger partial charge in [0.15, 0.2) is 11.5 Å². The lowest BCUT2D eigenvalue weighted by atomic mass is 10.1. The predicted molar refractivity (Wildman–Crippen MR) is 151 cm³/mol. The lowest BCUT2D eigenvalue weighted by molar-refractivity contribution is 0.379. The zero-order chi connectivity index (χ0) is 27.5. The second kappa shape index (κ2) is 13.8. The van der Waals surface area contributed by atoms with Crippen LogP contribution in [0.15, 0.2) is 91.5 Å². The Hall–Kier alpha value is -4.42. The van der Waals surface area contributed by atoms with Gasteiger partial charge >= 0.3 is 0 Å². The molecule has 0 aliphatic carbocycles. The molecule has 0 aliphatic heterocycles. The SMILES string of the molecule is C=CCc1cccc(C)c1Oc1ccc(C#N)cc1Cl.COc1ccccc1Oc1ccc(C#N)cc1Cl. The molecule has 0 N–H and O–H groups in total. The number of halogens is 2. The zero-order valence-electron chi connectivity index (χ0n) is 20.9. The number of ether oxygens (including phenoxy) is 3. The Balaban J connectivity index is 0.000000212. The van der Waals surface area contributed by atoms with Crippen LogP contribution < -0.4 is 14.2 Å². The van der Waals surface area contributed by atoms with Crippen molar-refractivity contribution in [2.45, 2.75) is 13.3 Å².